The van der Waals surface area contributed by atoms with Crippen molar-refractivity contribution in [1.82, 2.24) is 9.97 Å². The molecule has 0 saturated carbocycles. The van der Waals surface area contributed by atoms with Crippen molar-refractivity contribution < 1.29 is 8.42 Å². The van der Waals surface area contributed by atoms with Gasteiger partial charge in [0.15, 0.2) is 0 Å². The molecule has 20 heavy (non-hydrogen) atoms. The van der Waals surface area contributed by atoms with Crippen molar-refractivity contribution in [3.05, 3.63) is 42.4 Å². The lowest BCUT2D eigenvalue weighted by molar-refractivity contribution is 0.599. The molecule has 0 aliphatic heterocycles. The Balaban J connectivity index is 2.39. The number of nitrogens with two attached hydrogens (primary N) is 1. The normalized spacial score (nSPS) is 11.1. The van der Waals surface area contributed by atoms with Crippen LogP contribution in [0.15, 0.2) is 41.6 Å². The maximum absolute atomic E-state index is 12.4. The molecular weight excluding hydrogens is 278 g/mol. The average Bonchev–Trinajstić information content (AvgIpc) is 2.47. The number of aryl methyl sites for hydroxylation is 1. The smallest absolute Gasteiger partial charge is 0.263 e. The first-order chi connectivity index (χ1) is 9.56. The minimum absolute atomic E-state index is 0.128. The molecule has 0 aliphatic carbocycles. The number of hydrogen-bond donors (Lipinski definition) is 3. The lowest BCUT2D eigenvalue weighted by atomic mass is 10.3. The summed E-state index contributed by atoms with van der Waals surface area (Å²) in [5.41, 5.74) is 3.23. The van der Waals surface area contributed by atoms with Crippen LogP contribution in [0.1, 0.15) is 12.6 Å². The molecule has 0 radical (unpaired) electrons. The molecule has 2 aromatic rings. The first-order valence-corrected chi connectivity index (χ1v) is 7.44. The topological polar surface area (TPSA) is 110 Å². The number of rotatable bonds is 5. The van der Waals surface area contributed by atoms with E-state index < -0.39 is 10.0 Å². The summed E-state index contributed by atoms with van der Waals surface area (Å²) in [5.74, 6) is 5.69. The number of nitrogens with zero attached hydrogens (tertiary/aromatic N) is 2. The molecule has 4 N–H and O–H groups in total. The number of sulfonamides is 1. The summed E-state index contributed by atoms with van der Waals surface area (Å²) in [4.78, 5) is 8.14. The number of aromatic nitrogens is 2. The van der Waals surface area contributed by atoms with Gasteiger partial charge in [-0.05, 0) is 30.7 Å². The SMILES string of the molecule is CCc1nc(NN)ccc1S(=O)(=O)Nc1cccnc1. The molecule has 0 aliphatic rings. The summed E-state index contributed by atoms with van der Waals surface area (Å²) >= 11 is 0. The zero-order valence-corrected chi connectivity index (χ0v) is 11.7. The standard InChI is InChI=1S/C12H15N5O2S/c1-2-10-11(5-6-12(15-10)16-13)20(18,19)17-9-4-3-7-14-8-9/h3-8,17H,2,13H2,1H3,(H,15,16). The third-order valence-electron chi connectivity index (χ3n) is 2.62. The highest BCUT2D eigenvalue weighted by atomic mass is 32.2. The molecular formula is C12H15N5O2S. The molecule has 2 aromatic heterocycles. The Kier molecular flexibility index (Phi) is 4.16. The molecule has 7 nitrogen and oxygen atoms in total. The first-order valence-electron chi connectivity index (χ1n) is 5.96. The van der Waals surface area contributed by atoms with Crippen molar-refractivity contribution in [2.45, 2.75) is 18.2 Å². The molecule has 0 unspecified atom stereocenters. The van der Waals surface area contributed by atoms with Gasteiger partial charge in [-0.3, -0.25) is 9.71 Å². The van der Waals surface area contributed by atoms with E-state index in [1.165, 1.54) is 18.3 Å². The number of anilines is 2. The predicted molar refractivity (Wildman–Crippen MR) is 76.5 cm³/mol. The fraction of sp³-hybridized carbons (Fsp3) is 0.167. The Labute approximate surface area is 117 Å². The number of hydrogen-bond acceptors (Lipinski definition) is 6. The minimum atomic E-state index is -3.70. The highest BCUT2D eigenvalue weighted by molar-refractivity contribution is 7.92. The van der Waals surface area contributed by atoms with Crippen molar-refractivity contribution in [2.24, 2.45) is 5.84 Å². The molecule has 0 amide bonds. The Morgan fingerprint density at radius 1 is 1.30 bits per heavy atom. The van der Waals surface area contributed by atoms with Gasteiger partial charge in [0, 0.05) is 6.20 Å². The van der Waals surface area contributed by atoms with E-state index >= 15 is 0 Å². The molecule has 106 valence electrons. The van der Waals surface area contributed by atoms with Crippen molar-refractivity contribution in [2.75, 3.05) is 10.1 Å². The highest BCUT2D eigenvalue weighted by Crippen LogP contribution is 2.20. The van der Waals surface area contributed by atoms with Crippen LogP contribution in [0.2, 0.25) is 0 Å². The van der Waals surface area contributed by atoms with Gasteiger partial charge >= 0.3 is 0 Å². The van der Waals surface area contributed by atoms with Crippen molar-refractivity contribution in [3.8, 4) is 0 Å². The second-order valence-corrected chi connectivity index (χ2v) is 5.64. The summed E-state index contributed by atoms with van der Waals surface area (Å²) in [7, 11) is -3.70. The van der Waals surface area contributed by atoms with E-state index in [1.807, 2.05) is 6.92 Å². The molecule has 0 saturated heterocycles. The summed E-state index contributed by atoms with van der Waals surface area (Å²) in [6.45, 7) is 1.83. The van der Waals surface area contributed by atoms with E-state index in [-0.39, 0.29) is 4.90 Å². The number of hydrazine groups is 1. The molecule has 0 atom stereocenters. The van der Waals surface area contributed by atoms with Crippen LogP contribution in [0.5, 0.6) is 0 Å². The van der Waals surface area contributed by atoms with Gasteiger partial charge in [-0.1, -0.05) is 6.92 Å². The molecule has 2 rings (SSSR count). The van der Waals surface area contributed by atoms with Crippen molar-refractivity contribution in [3.63, 3.8) is 0 Å². The summed E-state index contributed by atoms with van der Waals surface area (Å²) < 4.78 is 27.2. The zero-order chi connectivity index (χ0) is 14.6. The van der Waals surface area contributed by atoms with Crippen LogP contribution in [0.3, 0.4) is 0 Å². The fourth-order valence-electron chi connectivity index (χ4n) is 1.70. The maximum Gasteiger partial charge on any atom is 0.263 e. The van der Waals surface area contributed by atoms with Gasteiger partial charge < -0.3 is 5.43 Å². The zero-order valence-electron chi connectivity index (χ0n) is 10.9. The fourth-order valence-corrected chi connectivity index (χ4v) is 2.99. The van der Waals surface area contributed by atoms with E-state index in [2.05, 4.69) is 20.1 Å². The third-order valence-corrected chi connectivity index (χ3v) is 4.07. The second kappa shape index (κ2) is 5.85. The Bertz CT molecular complexity index is 688. The third kappa shape index (κ3) is 3.03. The van der Waals surface area contributed by atoms with Crippen molar-refractivity contribution in [1.29, 1.82) is 0 Å². The lowest BCUT2D eigenvalue weighted by Gasteiger charge is -2.11. The minimum Gasteiger partial charge on any atom is -0.308 e. The van der Waals surface area contributed by atoms with Crippen molar-refractivity contribution >= 4 is 21.5 Å². The van der Waals surface area contributed by atoms with Crippen LogP contribution >= 0.6 is 0 Å². The van der Waals surface area contributed by atoms with Gasteiger partial charge in [0.1, 0.15) is 10.7 Å². The van der Waals surface area contributed by atoms with E-state index in [0.717, 1.165) is 0 Å². The quantitative estimate of drug-likeness (QED) is 0.563. The first kappa shape index (κ1) is 14.2. The van der Waals surface area contributed by atoms with Gasteiger partial charge in [-0.25, -0.2) is 19.2 Å². The average molecular weight is 293 g/mol. The Morgan fingerprint density at radius 3 is 2.70 bits per heavy atom. The maximum atomic E-state index is 12.4. The molecule has 0 spiro atoms. The van der Waals surface area contributed by atoms with Crippen LogP contribution in [0.25, 0.3) is 0 Å². The highest BCUT2D eigenvalue weighted by Gasteiger charge is 2.19. The van der Waals surface area contributed by atoms with E-state index in [4.69, 9.17) is 5.84 Å². The monoisotopic (exact) mass is 293 g/mol. The van der Waals surface area contributed by atoms with Gasteiger partial charge in [0.25, 0.3) is 10.0 Å². The van der Waals surface area contributed by atoms with E-state index in [1.54, 1.807) is 18.3 Å². The number of pyridine rings is 2. The van der Waals surface area contributed by atoms with E-state index in [0.29, 0.717) is 23.6 Å². The molecule has 0 bridgehead atoms. The predicted octanol–water partition coefficient (Wildman–Crippen LogP) is 1.13. The largest absolute Gasteiger partial charge is 0.308 e. The van der Waals surface area contributed by atoms with Crippen LogP contribution in [-0.2, 0) is 16.4 Å². The van der Waals surface area contributed by atoms with Gasteiger partial charge in [0.2, 0.25) is 0 Å². The number of nitrogen functional groups attached to an aromatic ring is 1. The van der Waals surface area contributed by atoms with E-state index in [9.17, 15) is 8.42 Å². The van der Waals surface area contributed by atoms with Gasteiger partial charge in [-0.2, -0.15) is 0 Å². The molecule has 0 aromatic carbocycles. The Hall–Kier alpha value is -2.19. The lowest BCUT2D eigenvalue weighted by Crippen LogP contribution is -2.17. The van der Waals surface area contributed by atoms with Gasteiger partial charge in [0.05, 0.1) is 17.6 Å². The van der Waals surface area contributed by atoms with Crippen LogP contribution in [0.4, 0.5) is 11.5 Å². The van der Waals surface area contributed by atoms with Crippen LogP contribution < -0.4 is 16.0 Å². The molecule has 8 heteroatoms. The van der Waals surface area contributed by atoms with Crippen LogP contribution in [-0.4, -0.2) is 18.4 Å². The summed E-state index contributed by atoms with van der Waals surface area (Å²) in [6, 6.07) is 6.26. The van der Waals surface area contributed by atoms with Gasteiger partial charge in [-0.15, -0.1) is 0 Å². The van der Waals surface area contributed by atoms with Crippen LogP contribution in [0, 0.1) is 0 Å². The molecule has 0 fully saturated rings. The number of nitrogens with one attached hydrogen (secondary N) is 2. The second-order valence-electron chi connectivity index (χ2n) is 3.99. The summed E-state index contributed by atoms with van der Waals surface area (Å²) in [6.07, 6.45) is 3.48. The Morgan fingerprint density at radius 2 is 2.10 bits per heavy atom. The summed E-state index contributed by atoms with van der Waals surface area (Å²) in [5, 5.41) is 0. The molecule has 2 heterocycles.